The molecule has 0 bridgehead atoms. The maximum absolute atomic E-state index is 11.4. The van der Waals surface area contributed by atoms with Crippen LogP contribution in [0.15, 0.2) is 47.4 Å². The molecule has 0 spiro atoms. The Hall–Kier alpha value is -2.25. The zero-order chi connectivity index (χ0) is 16.3. The van der Waals surface area contributed by atoms with Gasteiger partial charge >= 0.3 is 0 Å². The standard InChI is InChI=1S/C15H15NO5S/c1-11-2-4-12(5-3-11)6-7-13-8-9-14(16(17)18)10-15(13)22(19,20)21/h2-5,8-10H,6-7H2,1H3,(H,19,20,21). The van der Waals surface area contributed by atoms with Gasteiger partial charge in [-0.25, -0.2) is 0 Å². The van der Waals surface area contributed by atoms with Gasteiger partial charge in [-0.2, -0.15) is 8.42 Å². The molecule has 2 rings (SSSR count). The van der Waals surface area contributed by atoms with Gasteiger partial charge in [0.25, 0.3) is 15.8 Å². The highest BCUT2D eigenvalue weighted by molar-refractivity contribution is 7.85. The molecule has 0 heterocycles. The SMILES string of the molecule is Cc1ccc(CCc2ccc([N+](=O)[O-])cc2S(=O)(=O)O)cc1. The summed E-state index contributed by atoms with van der Waals surface area (Å²) >= 11 is 0. The molecule has 0 atom stereocenters. The Kier molecular flexibility index (Phi) is 4.58. The summed E-state index contributed by atoms with van der Waals surface area (Å²) in [7, 11) is -4.51. The molecular formula is C15H15NO5S. The molecule has 7 heteroatoms. The predicted molar refractivity (Wildman–Crippen MR) is 81.5 cm³/mol. The van der Waals surface area contributed by atoms with Crippen molar-refractivity contribution in [3.63, 3.8) is 0 Å². The molecule has 1 N–H and O–H groups in total. The lowest BCUT2D eigenvalue weighted by Crippen LogP contribution is -2.05. The molecule has 0 aliphatic heterocycles. The number of aryl methyl sites for hydroxylation is 3. The fourth-order valence-electron chi connectivity index (χ4n) is 2.14. The number of non-ortho nitro benzene ring substituents is 1. The van der Waals surface area contributed by atoms with Crippen LogP contribution in [0.1, 0.15) is 16.7 Å². The topological polar surface area (TPSA) is 97.5 Å². The molecule has 22 heavy (non-hydrogen) atoms. The zero-order valence-electron chi connectivity index (χ0n) is 11.9. The molecule has 0 unspecified atom stereocenters. The Morgan fingerprint density at radius 3 is 2.27 bits per heavy atom. The van der Waals surface area contributed by atoms with Gasteiger partial charge in [0.15, 0.2) is 0 Å². The van der Waals surface area contributed by atoms with Gasteiger partial charge < -0.3 is 0 Å². The quantitative estimate of drug-likeness (QED) is 0.519. The molecule has 0 fully saturated rings. The Morgan fingerprint density at radius 2 is 1.73 bits per heavy atom. The van der Waals surface area contributed by atoms with Crippen LogP contribution in [0.25, 0.3) is 0 Å². The third kappa shape index (κ3) is 3.90. The molecule has 0 amide bonds. The van der Waals surface area contributed by atoms with E-state index in [0.717, 1.165) is 17.2 Å². The van der Waals surface area contributed by atoms with Gasteiger partial charge in [-0.3, -0.25) is 14.7 Å². The van der Waals surface area contributed by atoms with E-state index in [1.54, 1.807) is 0 Å². The monoisotopic (exact) mass is 321 g/mol. The first-order chi connectivity index (χ1) is 10.3. The average Bonchev–Trinajstić information content (AvgIpc) is 2.45. The molecule has 0 aliphatic carbocycles. The van der Waals surface area contributed by atoms with Gasteiger partial charge in [0.2, 0.25) is 0 Å². The van der Waals surface area contributed by atoms with Gasteiger partial charge in [0.1, 0.15) is 4.90 Å². The summed E-state index contributed by atoms with van der Waals surface area (Å²) in [5, 5.41) is 10.7. The smallest absolute Gasteiger partial charge is 0.282 e. The highest BCUT2D eigenvalue weighted by Crippen LogP contribution is 2.23. The van der Waals surface area contributed by atoms with Crippen molar-refractivity contribution in [1.82, 2.24) is 0 Å². The normalized spacial score (nSPS) is 11.4. The third-order valence-electron chi connectivity index (χ3n) is 3.34. The van der Waals surface area contributed by atoms with E-state index >= 15 is 0 Å². The summed E-state index contributed by atoms with van der Waals surface area (Å²) in [5.74, 6) is 0. The second kappa shape index (κ2) is 6.25. The molecule has 0 radical (unpaired) electrons. The number of nitro groups is 1. The first-order valence-corrected chi connectivity index (χ1v) is 8.02. The molecule has 2 aromatic rings. The number of nitro benzene ring substituents is 1. The molecule has 0 aliphatic rings. The summed E-state index contributed by atoms with van der Waals surface area (Å²) in [4.78, 5) is 9.63. The maximum Gasteiger partial charge on any atom is 0.295 e. The molecule has 6 nitrogen and oxygen atoms in total. The lowest BCUT2D eigenvalue weighted by atomic mass is 10.0. The van der Waals surface area contributed by atoms with Crippen molar-refractivity contribution in [2.75, 3.05) is 0 Å². The highest BCUT2D eigenvalue weighted by atomic mass is 32.2. The fourth-order valence-corrected chi connectivity index (χ4v) is 2.91. The summed E-state index contributed by atoms with van der Waals surface area (Å²) < 4.78 is 32.1. The number of hydrogen-bond donors (Lipinski definition) is 1. The van der Waals surface area contributed by atoms with Gasteiger partial charge in [0.05, 0.1) is 4.92 Å². The summed E-state index contributed by atoms with van der Waals surface area (Å²) in [6.45, 7) is 1.97. The van der Waals surface area contributed by atoms with Gasteiger partial charge in [-0.05, 0) is 30.9 Å². The van der Waals surface area contributed by atoms with Crippen LogP contribution < -0.4 is 0 Å². The van der Waals surface area contributed by atoms with Crippen LogP contribution in [0.5, 0.6) is 0 Å². The third-order valence-corrected chi connectivity index (χ3v) is 4.28. The highest BCUT2D eigenvalue weighted by Gasteiger charge is 2.19. The van der Waals surface area contributed by atoms with E-state index in [9.17, 15) is 23.1 Å². The van der Waals surface area contributed by atoms with Crippen LogP contribution >= 0.6 is 0 Å². The minimum atomic E-state index is -4.51. The van der Waals surface area contributed by atoms with Crippen LogP contribution in [0, 0.1) is 17.0 Å². The summed E-state index contributed by atoms with van der Waals surface area (Å²) in [6.07, 6.45) is 0.927. The van der Waals surface area contributed by atoms with E-state index in [1.807, 2.05) is 31.2 Å². The van der Waals surface area contributed by atoms with E-state index in [0.29, 0.717) is 18.4 Å². The van der Waals surface area contributed by atoms with E-state index in [2.05, 4.69) is 0 Å². The second-order valence-electron chi connectivity index (χ2n) is 5.01. The van der Waals surface area contributed by atoms with E-state index < -0.39 is 19.9 Å². The van der Waals surface area contributed by atoms with Crippen molar-refractivity contribution in [2.45, 2.75) is 24.7 Å². The Balaban J connectivity index is 2.30. The second-order valence-corrected chi connectivity index (χ2v) is 6.40. The Bertz CT molecular complexity index is 797. The first-order valence-electron chi connectivity index (χ1n) is 6.58. The minimum Gasteiger partial charge on any atom is -0.282 e. The Labute approximate surface area is 128 Å². The Morgan fingerprint density at radius 1 is 1.09 bits per heavy atom. The van der Waals surface area contributed by atoms with Crippen LogP contribution in [0.4, 0.5) is 5.69 Å². The van der Waals surface area contributed by atoms with Crippen LogP contribution in [0.3, 0.4) is 0 Å². The average molecular weight is 321 g/mol. The van der Waals surface area contributed by atoms with Crippen LogP contribution in [-0.4, -0.2) is 17.9 Å². The van der Waals surface area contributed by atoms with Gasteiger partial charge in [-0.1, -0.05) is 35.9 Å². The van der Waals surface area contributed by atoms with Crippen LogP contribution in [0.2, 0.25) is 0 Å². The molecule has 0 saturated carbocycles. The molecule has 2 aromatic carbocycles. The zero-order valence-corrected chi connectivity index (χ0v) is 12.7. The molecule has 0 aromatic heterocycles. The van der Waals surface area contributed by atoms with E-state index in [-0.39, 0.29) is 5.69 Å². The van der Waals surface area contributed by atoms with Crippen molar-refractivity contribution in [2.24, 2.45) is 0 Å². The number of nitrogens with zero attached hydrogens (tertiary/aromatic N) is 1. The van der Waals surface area contributed by atoms with E-state index in [4.69, 9.17) is 0 Å². The van der Waals surface area contributed by atoms with Crippen molar-refractivity contribution < 1.29 is 17.9 Å². The molecular weight excluding hydrogens is 306 g/mol. The maximum atomic E-state index is 11.4. The van der Waals surface area contributed by atoms with Gasteiger partial charge in [-0.15, -0.1) is 0 Å². The van der Waals surface area contributed by atoms with E-state index in [1.165, 1.54) is 12.1 Å². The van der Waals surface area contributed by atoms with Crippen LogP contribution in [-0.2, 0) is 23.0 Å². The lowest BCUT2D eigenvalue weighted by molar-refractivity contribution is -0.385. The van der Waals surface area contributed by atoms with Gasteiger partial charge in [0, 0.05) is 12.1 Å². The lowest BCUT2D eigenvalue weighted by Gasteiger charge is -2.07. The molecule has 0 saturated heterocycles. The van der Waals surface area contributed by atoms with Crippen molar-refractivity contribution in [3.05, 3.63) is 69.3 Å². The van der Waals surface area contributed by atoms with Crippen molar-refractivity contribution >= 4 is 15.8 Å². The van der Waals surface area contributed by atoms with Crippen molar-refractivity contribution in [3.8, 4) is 0 Å². The number of hydrogen-bond acceptors (Lipinski definition) is 4. The fraction of sp³-hybridized carbons (Fsp3) is 0.200. The number of rotatable bonds is 5. The predicted octanol–water partition coefficient (Wildman–Crippen LogP) is 2.94. The molecule has 116 valence electrons. The number of benzene rings is 2. The minimum absolute atomic E-state index is 0.355. The summed E-state index contributed by atoms with van der Waals surface area (Å²) in [5.41, 5.74) is 2.13. The summed E-state index contributed by atoms with van der Waals surface area (Å²) in [6, 6.07) is 11.3. The first kappa shape index (κ1) is 16.1. The largest absolute Gasteiger partial charge is 0.295 e. The van der Waals surface area contributed by atoms with Crippen molar-refractivity contribution in [1.29, 1.82) is 0 Å².